The molecule has 1 saturated heterocycles. The lowest BCUT2D eigenvalue weighted by atomic mass is 10.1. The maximum atomic E-state index is 12.8. The average molecular weight is 354 g/mol. The summed E-state index contributed by atoms with van der Waals surface area (Å²) in [4.78, 5) is 27.7. The van der Waals surface area contributed by atoms with Gasteiger partial charge in [0.25, 0.3) is 5.91 Å². The van der Waals surface area contributed by atoms with Gasteiger partial charge in [0.15, 0.2) is 0 Å². The Morgan fingerprint density at radius 1 is 1.04 bits per heavy atom. The average Bonchev–Trinajstić information content (AvgIpc) is 3.09. The van der Waals surface area contributed by atoms with Crippen LogP contribution in [-0.4, -0.2) is 59.5 Å². The van der Waals surface area contributed by atoms with Gasteiger partial charge in [0.2, 0.25) is 0 Å². The minimum absolute atomic E-state index is 0.0423. The molecule has 0 aromatic heterocycles. The number of likely N-dealkylation sites (N-methyl/N-ethyl adjacent to an activating group) is 1. The van der Waals surface area contributed by atoms with Crippen LogP contribution in [0.3, 0.4) is 0 Å². The standard InChI is InChI=1S/C20H22N2O4/c1-21(2)15-12-18(20(24)25)22(13-15)19(23)14-8-10-17(11-9-14)26-16-6-4-3-5-7-16/h3-11,15,18H,12-13H2,1-2H3,(H,24,25)/t15-,18+/m1/s1. The van der Waals surface area contributed by atoms with E-state index in [1.54, 1.807) is 24.3 Å². The van der Waals surface area contributed by atoms with Gasteiger partial charge in [-0.25, -0.2) is 4.79 Å². The van der Waals surface area contributed by atoms with Crippen molar-refractivity contribution in [2.24, 2.45) is 0 Å². The molecular weight excluding hydrogens is 332 g/mol. The van der Waals surface area contributed by atoms with E-state index >= 15 is 0 Å². The topological polar surface area (TPSA) is 70.1 Å². The quantitative estimate of drug-likeness (QED) is 0.894. The minimum atomic E-state index is -0.966. The highest BCUT2D eigenvalue weighted by Gasteiger charge is 2.40. The Kier molecular flexibility index (Phi) is 5.23. The zero-order valence-corrected chi connectivity index (χ0v) is 14.8. The normalized spacial score (nSPS) is 19.6. The van der Waals surface area contributed by atoms with E-state index in [4.69, 9.17) is 4.74 Å². The number of carboxylic acid groups (broad SMARTS) is 1. The van der Waals surface area contributed by atoms with Crippen molar-refractivity contribution < 1.29 is 19.4 Å². The number of hydrogen-bond donors (Lipinski definition) is 1. The van der Waals surface area contributed by atoms with E-state index in [1.165, 1.54) is 4.90 Å². The van der Waals surface area contributed by atoms with Gasteiger partial charge in [0, 0.05) is 18.2 Å². The molecule has 0 aliphatic carbocycles. The van der Waals surface area contributed by atoms with Crippen molar-refractivity contribution in [1.82, 2.24) is 9.80 Å². The molecule has 1 N–H and O–H groups in total. The van der Waals surface area contributed by atoms with E-state index in [2.05, 4.69) is 0 Å². The first kappa shape index (κ1) is 17.9. The smallest absolute Gasteiger partial charge is 0.326 e. The van der Waals surface area contributed by atoms with Crippen LogP contribution >= 0.6 is 0 Å². The van der Waals surface area contributed by atoms with Gasteiger partial charge in [-0.05, 0) is 56.9 Å². The summed E-state index contributed by atoms with van der Waals surface area (Å²) in [7, 11) is 3.79. The number of nitrogens with zero attached hydrogens (tertiary/aromatic N) is 2. The van der Waals surface area contributed by atoms with Crippen LogP contribution in [0, 0.1) is 0 Å². The molecule has 1 aliphatic rings. The first-order valence-electron chi connectivity index (χ1n) is 8.49. The number of para-hydroxylation sites is 1. The van der Waals surface area contributed by atoms with Gasteiger partial charge in [-0.2, -0.15) is 0 Å². The fraction of sp³-hybridized carbons (Fsp3) is 0.300. The zero-order chi connectivity index (χ0) is 18.7. The monoisotopic (exact) mass is 354 g/mol. The second-order valence-electron chi connectivity index (χ2n) is 6.60. The first-order chi connectivity index (χ1) is 12.5. The Balaban J connectivity index is 1.73. The lowest BCUT2D eigenvalue weighted by molar-refractivity contribution is -0.141. The van der Waals surface area contributed by atoms with Crippen LogP contribution in [0.4, 0.5) is 0 Å². The van der Waals surface area contributed by atoms with Crippen molar-refractivity contribution in [2.75, 3.05) is 20.6 Å². The third-order valence-electron chi connectivity index (χ3n) is 4.64. The number of amides is 1. The second-order valence-corrected chi connectivity index (χ2v) is 6.60. The number of benzene rings is 2. The summed E-state index contributed by atoms with van der Waals surface area (Å²) in [6.07, 6.45) is 0.434. The van der Waals surface area contributed by atoms with Crippen molar-refractivity contribution in [3.8, 4) is 11.5 Å². The summed E-state index contributed by atoms with van der Waals surface area (Å²) in [5, 5.41) is 9.45. The molecule has 26 heavy (non-hydrogen) atoms. The van der Waals surface area contributed by atoms with Crippen LogP contribution in [0.15, 0.2) is 54.6 Å². The summed E-state index contributed by atoms with van der Waals surface area (Å²) >= 11 is 0. The van der Waals surface area contributed by atoms with Crippen molar-refractivity contribution in [2.45, 2.75) is 18.5 Å². The van der Waals surface area contributed by atoms with Crippen LogP contribution in [0.1, 0.15) is 16.8 Å². The van der Waals surface area contributed by atoms with E-state index in [-0.39, 0.29) is 11.9 Å². The number of likely N-dealkylation sites (tertiary alicyclic amines) is 1. The number of carbonyl (C=O) groups excluding carboxylic acids is 1. The lowest BCUT2D eigenvalue weighted by Crippen LogP contribution is -2.41. The molecule has 0 bridgehead atoms. The summed E-state index contributed by atoms with van der Waals surface area (Å²) < 4.78 is 5.72. The van der Waals surface area contributed by atoms with Gasteiger partial charge < -0.3 is 19.6 Å². The van der Waals surface area contributed by atoms with Crippen LogP contribution < -0.4 is 4.74 Å². The SMILES string of the molecule is CN(C)[C@@H]1C[C@@H](C(=O)O)N(C(=O)c2ccc(Oc3ccccc3)cc2)C1. The number of hydrogen-bond acceptors (Lipinski definition) is 4. The van der Waals surface area contributed by atoms with Crippen molar-refractivity contribution >= 4 is 11.9 Å². The Morgan fingerprint density at radius 3 is 2.23 bits per heavy atom. The number of rotatable bonds is 5. The van der Waals surface area contributed by atoms with Gasteiger partial charge in [0.05, 0.1) is 0 Å². The third-order valence-corrected chi connectivity index (χ3v) is 4.64. The second kappa shape index (κ2) is 7.58. The Hall–Kier alpha value is -2.86. The van der Waals surface area contributed by atoms with E-state index < -0.39 is 12.0 Å². The van der Waals surface area contributed by atoms with E-state index in [0.29, 0.717) is 30.0 Å². The largest absolute Gasteiger partial charge is 0.480 e. The van der Waals surface area contributed by atoms with E-state index in [9.17, 15) is 14.7 Å². The van der Waals surface area contributed by atoms with Crippen molar-refractivity contribution in [3.63, 3.8) is 0 Å². The van der Waals surface area contributed by atoms with Gasteiger partial charge in [-0.15, -0.1) is 0 Å². The predicted molar refractivity (Wildman–Crippen MR) is 97.5 cm³/mol. The van der Waals surface area contributed by atoms with Crippen LogP contribution in [0.2, 0.25) is 0 Å². The fourth-order valence-electron chi connectivity index (χ4n) is 3.10. The maximum Gasteiger partial charge on any atom is 0.326 e. The van der Waals surface area contributed by atoms with Crippen LogP contribution in [-0.2, 0) is 4.79 Å². The molecule has 0 spiro atoms. The number of aliphatic carboxylic acids is 1. The number of carboxylic acids is 1. The molecule has 2 aromatic rings. The molecule has 6 heteroatoms. The predicted octanol–water partition coefficient (Wildman–Crippen LogP) is 2.71. The molecule has 0 saturated carbocycles. The molecule has 136 valence electrons. The Bertz CT molecular complexity index is 774. The lowest BCUT2D eigenvalue weighted by Gasteiger charge is -2.22. The number of ether oxygens (including phenoxy) is 1. The Morgan fingerprint density at radius 2 is 1.65 bits per heavy atom. The highest BCUT2D eigenvalue weighted by atomic mass is 16.5. The molecule has 1 heterocycles. The summed E-state index contributed by atoms with van der Waals surface area (Å²) in [6.45, 7) is 0.408. The van der Waals surface area contributed by atoms with Gasteiger partial charge in [0.1, 0.15) is 17.5 Å². The van der Waals surface area contributed by atoms with E-state index in [1.807, 2.05) is 49.3 Å². The molecule has 1 amide bonds. The molecule has 2 atom stereocenters. The van der Waals surface area contributed by atoms with Crippen molar-refractivity contribution in [1.29, 1.82) is 0 Å². The van der Waals surface area contributed by atoms with Crippen molar-refractivity contribution in [3.05, 3.63) is 60.2 Å². The first-order valence-corrected chi connectivity index (χ1v) is 8.49. The summed E-state index contributed by atoms with van der Waals surface area (Å²) in [6, 6.07) is 15.4. The molecule has 0 radical (unpaired) electrons. The Labute approximate surface area is 152 Å². The highest BCUT2D eigenvalue weighted by Crippen LogP contribution is 2.25. The van der Waals surface area contributed by atoms with E-state index in [0.717, 1.165) is 0 Å². The minimum Gasteiger partial charge on any atom is -0.480 e. The molecule has 1 aliphatic heterocycles. The molecular formula is C20H22N2O4. The van der Waals surface area contributed by atoms with Gasteiger partial charge in [-0.1, -0.05) is 18.2 Å². The van der Waals surface area contributed by atoms with Gasteiger partial charge >= 0.3 is 5.97 Å². The molecule has 0 unspecified atom stereocenters. The molecule has 6 nitrogen and oxygen atoms in total. The van der Waals surface area contributed by atoms with Gasteiger partial charge in [-0.3, -0.25) is 4.79 Å². The summed E-state index contributed by atoms with van der Waals surface area (Å²) in [5.74, 6) is 0.0979. The van der Waals surface area contributed by atoms with Crippen LogP contribution in [0.25, 0.3) is 0 Å². The molecule has 3 rings (SSSR count). The maximum absolute atomic E-state index is 12.8. The fourth-order valence-corrected chi connectivity index (χ4v) is 3.10. The number of carbonyl (C=O) groups is 2. The van der Waals surface area contributed by atoms with Crippen LogP contribution in [0.5, 0.6) is 11.5 Å². The summed E-state index contributed by atoms with van der Waals surface area (Å²) in [5.41, 5.74) is 0.455. The third kappa shape index (κ3) is 3.86. The molecule has 1 fully saturated rings. The molecule has 2 aromatic carbocycles. The highest BCUT2D eigenvalue weighted by molar-refractivity contribution is 5.97. The zero-order valence-electron chi connectivity index (χ0n) is 14.8.